The topological polar surface area (TPSA) is 83.8 Å². The largest absolute Gasteiger partial charge is 0.355 e. The van der Waals surface area contributed by atoms with Crippen molar-refractivity contribution in [1.29, 1.82) is 0 Å². The number of hydrogen-bond acceptors (Lipinski definition) is 4. The standard InChI is InChI=1S/C20H16N4O2/c25-20(22-16-8-12-3-1-2-4-13(12)9-16)18-10-19(26-24-18)14-5-6-17-15(7-14)11-21-23-17/h1-7,10-11,16H,8-9H2,(H,21,23)(H,22,25). The molecule has 4 aromatic rings. The third-order valence-corrected chi connectivity index (χ3v) is 4.85. The Morgan fingerprint density at radius 1 is 1.12 bits per heavy atom. The fraction of sp³-hybridized carbons (Fsp3) is 0.150. The number of carbonyl (C=O) groups excluding carboxylic acids is 1. The Morgan fingerprint density at radius 3 is 2.73 bits per heavy atom. The Labute approximate surface area is 149 Å². The van der Waals surface area contributed by atoms with Gasteiger partial charge in [0.2, 0.25) is 0 Å². The van der Waals surface area contributed by atoms with Gasteiger partial charge in [-0.15, -0.1) is 0 Å². The van der Waals surface area contributed by atoms with Crippen molar-refractivity contribution in [3.05, 3.63) is 71.5 Å². The fourth-order valence-electron chi connectivity index (χ4n) is 3.53. The molecule has 0 bridgehead atoms. The summed E-state index contributed by atoms with van der Waals surface area (Å²) in [7, 11) is 0. The molecule has 0 spiro atoms. The molecule has 0 atom stereocenters. The zero-order valence-electron chi connectivity index (χ0n) is 13.9. The first-order chi connectivity index (χ1) is 12.8. The van der Waals surface area contributed by atoms with Crippen molar-refractivity contribution in [3.63, 3.8) is 0 Å². The first kappa shape index (κ1) is 14.9. The molecule has 5 rings (SSSR count). The predicted molar refractivity (Wildman–Crippen MR) is 96.7 cm³/mol. The van der Waals surface area contributed by atoms with E-state index in [9.17, 15) is 4.79 Å². The van der Waals surface area contributed by atoms with Crippen molar-refractivity contribution in [3.8, 4) is 11.3 Å². The molecule has 0 aliphatic heterocycles. The number of aromatic amines is 1. The number of nitrogens with one attached hydrogen (secondary N) is 2. The second-order valence-electron chi connectivity index (χ2n) is 6.60. The summed E-state index contributed by atoms with van der Waals surface area (Å²) in [5, 5.41) is 14.9. The van der Waals surface area contributed by atoms with Crippen molar-refractivity contribution in [2.45, 2.75) is 18.9 Å². The molecule has 6 heteroatoms. The molecule has 2 aromatic carbocycles. The van der Waals surface area contributed by atoms with E-state index in [4.69, 9.17) is 4.52 Å². The van der Waals surface area contributed by atoms with Crippen LogP contribution < -0.4 is 5.32 Å². The Morgan fingerprint density at radius 2 is 1.92 bits per heavy atom. The molecule has 26 heavy (non-hydrogen) atoms. The van der Waals surface area contributed by atoms with Crippen molar-refractivity contribution in [1.82, 2.24) is 20.7 Å². The van der Waals surface area contributed by atoms with Gasteiger partial charge >= 0.3 is 0 Å². The summed E-state index contributed by atoms with van der Waals surface area (Å²) in [6.07, 6.45) is 3.45. The number of aromatic nitrogens is 3. The molecule has 1 aliphatic carbocycles. The lowest BCUT2D eigenvalue weighted by molar-refractivity contribution is 0.0929. The van der Waals surface area contributed by atoms with E-state index in [1.165, 1.54) is 11.1 Å². The van der Waals surface area contributed by atoms with Crippen LogP contribution in [-0.2, 0) is 12.8 Å². The minimum Gasteiger partial charge on any atom is -0.355 e. The summed E-state index contributed by atoms with van der Waals surface area (Å²) in [4.78, 5) is 12.5. The molecule has 0 fully saturated rings. The lowest BCUT2D eigenvalue weighted by Gasteiger charge is -2.09. The van der Waals surface area contributed by atoms with Crippen molar-refractivity contribution in [2.24, 2.45) is 0 Å². The molecule has 0 unspecified atom stereocenters. The average Bonchev–Trinajstić information content (AvgIpc) is 3.38. The molecule has 2 aromatic heterocycles. The highest BCUT2D eigenvalue weighted by molar-refractivity contribution is 5.93. The number of carbonyl (C=O) groups is 1. The molecule has 2 N–H and O–H groups in total. The molecule has 2 heterocycles. The highest BCUT2D eigenvalue weighted by atomic mass is 16.5. The number of fused-ring (bicyclic) bond motifs is 2. The van der Waals surface area contributed by atoms with Gasteiger partial charge in [-0.25, -0.2) is 0 Å². The van der Waals surface area contributed by atoms with Crippen LogP contribution in [0.15, 0.2) is 59.3 Å². The highest BCUT2D eigenvalue weighted by Gasteiger charge is 2.24. The summed E-state index contributed by atoms with van der Waals surface area (Å²) in [6, 6.07) is 15.9. The van der Waals surface area contributed by atoms with Crippen molar-refractivity contribution in [2.75, 3.05) is 0 Å². The summed E-state index contributed by atoms with van der Waals surface area (Å²) in [6.45, 7) is 0. The Bertz CT molecular complexity index is 1090. The quantitative estimate of drug-likeness (QED) is 0.598. The Kier molecular flexibility index (Phi) is 3.35. The van der Waals surface area contributed by atoms with Gasteiger partial charge in [-0.2, -0.15) is 5.10 Å². The molecule has 128 valence electrons. The minimum atomic E-state index is -0.206. The third kappa shape index (κ3) is 2.56. The van der Waals surface area contributed by atoms with E-state index in [0.29, 0.717) is 11.5 Å². The molecule has 6 nitrogen and oxygen atoms in total. The van der Waals surface area contributed by atoms with Crippen LogP contribution in [0.5, 0.6) is 0 Å². The fourth-order valence-corrected chi connectivity index (χ4v) is 3.53. The van der Waals surface area contributed by atoms with Gasteiger partial charge in [0.1, 0.15) is 0 Å². The van der Waals surface area contributed by atoms with E-state index in [1.54, 1.807) is 12.3 Å². The first-order valence-corrected chi connectivity index (χ1v) is 8.54. The van der Waals surface area contributed by atoms with E-state index in [-0.39, 0.29) is 11.9 Å². The lowest BCUT2D eigenvalue weighted by Crippen LogP contribution is -2.35. The van der Waals surface area contributed by atoms with Crippen LogP contribution in [0.2, 0.25) is 0 Å². The first-order valence-electron chi connectivity index (χ1n) is 8.54. The molecular formula is C20H16N4O2. The molecule has 0 saturated carbocycles. The third-order valence-electron chi connectivity index (χ3n) is 4.85. The number of nitrogens with zero attached hydrogens (tertiary/aromatic N) is 2. The van der Waals surface area contributed by atoms with E-state index < -0.39 is 0 Å². The highest BCUT2D eigenvalue weighted by Crippen LogP contribution is 2.25. The maximum absolute atomic E-state index is 12.5. The second kappa shape index (κ2) is 5.84. The monoisotopic (exact) mass is 344 g/mol. The van der Waals surface area contributed by atoms with Crippen LogP contribution >= 0.6 is 0 Å². The molecule has 0 radical (unpaired) electrons. The van der Waals surface area contributed by atoms with Gasteiger partial charge in [0.15, 0.2) is 11.5 Å². The van der Waals surface area contributed by atoms with E-state index in [0.717, 1.165) is 29.3 Å². The maximum Gasteiger partial charge on any atom is 0.273 e. The SMILES string of the molecule is O=C(NC1Cc2ccccc2C1)c1cc(-c2ccc3[nH]ncc3c2)on1. The van der Waals surface area contributed by atoms with Gasteiger partial charge in [-0.1, -0.05) is 29.4 Å². The van der Waals surface area contributed by atoms with E-state index in [2.05, 4.69) is 32.8 Å². The smallest absolute Gasteiger partial charge is 0.273 e. The van der Waals surface area contributed by atoms with Gasteiger partial charge < -0.3 is 9.84 Å². The van der Waals surface area contributed by atoms with Crippen LogP contribution in [0.25, 0.3) is 22.2 Å². The Balaban J connectivity index is 1.33. The van der Waals surface area contributed by atoms with Gasteiger partial charge in [0.05, 0.1) is 11.7 Å². The normalized spacial score (nSPS) is 13.8. The van der Waals surface area contributed by atoms with Crippen molar-refractivity contribution < 1.29 is 9.32 Å². The van der Waals surface area contributed by atoms with E-state index in [1.807, 2.05) is 30.3 Å². The second-order valence-corrected chi connectivity index (χ2v) is 6.60. The predicted octanol–water partition coefficient (Wildman–Crippen LogP) is 3.12. The van der Waals surface area contributed by atoms with Crippen LogP contribution in [0.4, 0.5) is 0 Å². The summed E-state index contributed by atoms with van der Waals surface area (Å²) in [5.41, 5.74) is 4.70. The van der Waals surface area contributed by atoms with Gasteiger partial charge in [0, 0.05) is 23.1 Å². The van der Waals surface area contributed by atoms with Crippen LogP contribution in [0, 0.1) is 0 Å². The molecular weight excluding hydrogens is 328 g/mol. The van der Waals surface area contributed by atoms with Gasteiger partial charge in [0.25, 0.3) is 5.91 Å². The summed E-state index contributed by atoms with van der Waals surface area (Å²) >= 11 is 0. The van der Waals surface area contributed by atoms with E-state index >= 15 is 0 Å². The van der Waals surface area contributed by atoms with Crippen LogP contribution in [0.1, 0.15) is 21.6 Å². The number of benzene rings is 2. The number of rotatable bonds is 3. The maximum atomic E-state index is 12.5. The van der Waals surface area contributed by atoms with Gasteiger partial charge in [-0.05, 0) is 42.2 Å². The van der Waals surface area contributed by atoms with Crippen molar-refractivity contribution >= 4 is 16.8 Å². The summed E-state index contributed by atoms with van der Waals surface area (Å²) < 4.78 is 5.38. The summed E-state index contributed by atoms with van der Waals surface area (Å²) in [5.74, 6) is 0.357. The molecule has 0 saturated heterocycles. The number of H-pyrrole nitrogens is 1. The number of amides is 1. The van der Waals surface area contributed by atoms with Crippen LogP contribution in [-0.4, -0.2) is 27.3 Å². The van der Waals surface area contributed by atoms with Gasteiger partial charge in [-0.3, -0.25) is 9.89 Å². The molecule has 1 amide bonds. The Hall–Kier alpha value is -3.41. The average molecular weight is 344 g/mol. The minimum absolute atomic E-state index is 0.0994. The zero-order valence-corrected chi connectivity index (χ0v) is 13.9. The van der Waals surface area contributed by atoms with Crippen LogP contribution in [0.3, 0.4) is 0 Å². The molecule has 1 aliphatic rings. The zero-order chi connectivity index (χ0) is 17.5. The number of hydrogen-bond donors (Lipinski definition) is 2. The lowest BCUT2D eigenvalue weighted by atomic mass is 10.1.